The Morgan fingerprint density at radius 1 is 0.960 bits per heavy atom. The minimum absolute atomic E-state index is 0.194. The molecule has 0 aliphatic carbocycles. The molecule has 2 aromatic carbocycles. The highest BCUT2D eigenvalue weighted by Crippen LogP contribution is 2.38. The molecule has 0 saturated carbocycles. The van der Waals surface area contributed by atoms with E-state index in [4.69, 9.17) is 4.74 Å². The second-order valence-electron chi connectivity index (χ2n) is 5.88. The lowest BCUT2D eigenvalue weighted by molar-refractivity contribution is -0.258. The first-order valence-electron chi connectivity index (χ1n) is 7.64. The second kappa shape index (κ2) is 6.37. The summed E-state index contributed by atoms with van der Waals surface area (Å²) >= 11 is 0. The van der Waals surface area contributed by atoms with Gasteiger partial charge >= 0.3 is 6.18 Å². The van der Waals surface area contributed by atoms with E-state index in [9.17, 15) is 18.3 Å². The smallest absolute Gasteiger partial charge is 0.421 e. The van der Waals surface area contributed by atoms with Crippen LogP contribution in [0.15, 0.2) is 60.7 Å². The van der Waals surface area contributed by atoms with E-state index >= 15 is 0 Å². The quantitative estimate of drug-likeness (QED) is 0.751. The first-order chi connectivity index (χ1) is 11.8. The van der Waals surface area contributed by atoms with E-state index in [0.29, 0.717) is 11.4 Å². The lowest BCUT2D eigenvalue weighted by Crippen LogP contribution is -2.39. The van der Waals surface area contributed by atoms with Crippen LogP contribution in [0.1, 0.15) is 18.2 Å². The normalized spacial score (nSPS) is 14.3. The Hall–Kier alpha value is -2.60. The molecule has 0 bridgehead atoms. The van der Waals surface area contributed by atoms with Crippen molar-refractivity contribution in [3.05, 3.63) is 71.9 Å². The van der Waals surface area contributed by atoms with E-state index in [1.54, 1.807) is 0 Å². The number of nitrogens with zero attached hydrogens (tertiary/aromatic N) is 1. The number of ether oxygens (including phenoxy) is 1. The van der Waals surface area contributed by atoms with Gasteiger partial charge in [-0.15, -0.1) is 0 Å². The van der Waals surface area contributed by atoms with Gasteiger partial charge in [0.25, 0.3) is 0 Å². The van der Waals surface area contributed by atoms with Crippen molar-refractivity contribution in [2.75, 3.05) is 0 Å². The number of hydrogen-bond acceptors (Lipinski definition) is 3. The van der Waals surface area contributed by atoms with Gasteiger partial charge in [0, 0.05) is 5.39 Å². The third-order valence-corrected chi connectivity index (χ3v) is 4.01. The van der Waals surface area contributed by atoms with Gasteiger partial charge in [-0.05, 0) is 36.8 Å². The number of aliphatic hydroxyl groups is 1. The highest BCUT2D eigenvalue weighted by molar-refractivity contribution is 5.78. The number of alkyl halides is 3. The zero-order valence-corrected chi connectivity index (χ0v) is 13.4. The summed E-state index contributed by atoms with van der Waals surface area (Å²) in [6, 6.07) is 16.7. The Bertz CT molecular complexity index is 874. The molecule has 3 aromatic rings. The molecule has 0 radical (unpaired) electrons. The zero-order valence-electron chi connectivity index (χ0n) is 13.4. The number of aromatic nitrogens is 1. The van der Waals surface area contributed by atoms with Crippen LogP contribution in [0.4, 0.5) is 13.2 Å². The lowest BCUT2D eigenvalue weighted by atomic mass is 9.95. The third kappa shape index (κ3) is 3.58. The maximum Gasteiger partial charge on any atom is 0.421 e. The average molecular weight is 347 g/mol. The van der Waals surface area contributed by atoms with Gasteiger partial charge in [0.15, 0.2) is 5.60 Å². The fourth-order valence-corrected chi connectivity index (χ4v) is 2.39. The summed E-state index contributed by atoms with van der Waals surface area (Å²) in [6.45, 7) is 0.918. The van der Waals surface area contributed by atoms with Crippen LogP contribution < -0.4 is 4.74 Å². The molecule has 130 valence electrons. The largest absolute Gasteiger partial charge is 0.487 e. The topological polar surface area (TPSA) is 42.4 Å². The Kier molecular flexibility index (Phi) is 4.39. The molecule has 1 heterocycles. The molecule has 0 amide bonds. The molecule has 1 atom stereocenters. The molecule has 0 fully saturated rings. The maximum absolute atomic E-state index is 12.8. The van der Waals surface area contributed by atoms with E-state index in [-0.39, 0.29) is 12.2 Å². The first kappa shape index (κ1) is 17.2. The fourth-order valence-electron chi connectivity index (χ4n) is 2.39. The number of hydrogen-bond donors (Lipinski definition) is 1. The second-order valence-corrected chi connectivity index (χ2v) is 5.88. The van der Waals surface area contributed by atoms with Crippen molar-refractivity contribution in [1.82, 2.24) is 4.98 Å². The molecule has 1 aromatic heterocycles. The van der Waals surface area contributed by atoms with Gasteiger partial charge < -0.3 is 9.84 Å². The average Bonchev–Trinajstić information content (AvgIpc) is 2.59. The van der Waals surface area contributed by atoms with Crippen LogP contribution in [0.25, 0.3) is 10.9 Å². The molecule has 0 spiro atoms. The maximum atomic E-state index is 12.8. The molecule has 3 nitrogen and oxygen atoms in total. The van der Waals surface area contributed by atoms with Crippen molar-refractivity contribution in [2.24, 2.45) is 0 Å². The Labute approximate surface area is 142 Å². The summed E-state index contributed by atoms with van der Waals surface area (Å²) in [6.07, 6.45) is -4.75. The first-order valence-corrected chi connectivity index (χ1v) is 7.64. The van der Waals surface area contributed by atoms with Gasteiger partial charge in [-0.2, -0.15) is 13.2 Å². The number of fused-ring (bicyclic) bond motifs is 1. The summed E-state index contributed by atoms with van der Waals surface area (Å²) in [7, 11) is 0. The molecular weight excluding hydrogens is 331 g/mol. The zero-order chi connectivity index (χ0) is 18.1. The van der Waals surface area contributed by atoms with Gasteiger partial charge in [0.2, 0.25) is 0 Å². The van der Waals surface area contributed by atoms with Crippen LogP contribution in [0, 0.1) is 0 Å². The van der Waals surface area contributed by atoms with Crippen LogP contribution in [0.5, 0.6) is 5.75 Å². The van der Waals surface area contributed by atoms with E-state index in [1.165, 1.54) is 24.3 Å². The van der Waals surface area contributed by atoms with Crippen molar-refractivity contribution in [3.8, 4) is 5.75 Å². The van der Waals surface area contributed by atoms with Crippen molar-refractivity contribution in [3.63, 3.8) is 0 Å². The molecule has 1 unspecified atom stereocenters. The Morgan fingerprint density at radius 2 is 1.64 bits per heavy atom. The number of rotatable bonds is 4. The molecular formula is C19H16F3NO2. The van der Waals surface area contributed by atoms with Crippen LogP contribution in [0.3, 0.4) is 0 Å². The molecule has 25 heavy (non-hydrogen) atoms. The number of halogens is 3. The number of para-hydroxylation sites is 1. The predicted molar refractivity (Wildman–Crippen MR) is 88.1 cm³/mol. The molecule has 6 heteroatoms. The van der Waals surface area contributed by atoms with Gasteiger partial charge in [-0.1, -0.05) is 36.4 Å². The molecule has 1 N–H and O–H groups in total. The number of benzene rings is 2. The minimum atomic E-state index is -4.75. The van der Waals surface area contributed by atoms with Gasteiger partial charge in [0.1, 0.15) is 12.4 Å². The molecule has 0 aliphatic rings. The summed E-state index contributed by atoms with van der Waals surface area (Å²) in [4.78, 5) is 4.47. The monoisotopic (exact) mass is 347 g/mol. The van der Waals surface area contributed by atoms with E-state index < -0.39 is 11.8 Å². The minimum Gasteiger partial charge on any atom is -0.487 e. The molecule has 0 aliphatic heterocycles. The third-order valence-electron chi connectivity index (χ3n) is 4.01. The van der Waals surface area contributed by atoms with E-state index in [1.807, 2.05) is 36.4 Å². The summed E-state index contributed by atoms with van der Waals surface area (Å²) in [5.74, 6) is 0.400. The van der Waals surface area contributed by atoms with Crippen molar-refractivity contribution >= 4 is 10.9 Å². The Morgan fingerprint density at radius 3 is 2.32 bits per heavy atom. The SMILES string of the molecule is CC(O)(c1ccc(OCc2ccc3ccccc3n2)cc1)C(F)(F)F. The van der Waals surface area contributed by atoms with E-state index in [2.05, 4.69) is 4.98 Å². The summed E-state index contributed by atoms with van der Waals surface area (Å²) in [5, 5.41) is 10.7. The van der Waals surface area contributed by atoms with Crippen LogP contribution in [-0.4, -0.2) is 16.3 Å². The summed E-state index contributed by atoms with van der Waals surface area (Å²) < 4.78 is 44.1. The lowest BCUT2D eigenvalue weighted by Gasteiger charge is -2.26. The number of pyridine rings is 1. The highest BCUT2D eigenvalue weighted by atomic mass is 19.4. The molecule has 0 saturated heterocycles. The van der Waals surface area contributed by atoms with Gasteiger partial charge in [0.05, 0.1) is 11.2 Å². The summed E-state index contributed by atoms with van der Waals surface area (Å²) in [5.41, 5.74) is -1.58. The van der Waals surface area contributed by atoms with Crippen molar-refractivity contribution in [2.45, 2.75) is 25.3 Å². The van der Waals surface area contributed by atoms with Crippen LogP contribution >= 0.6 is 0 Å². The van der Waals surface area contributed by atoms with Crippen LogP contribution in [0.2, 0.25) is 0 Å². The Balaban J connectivity index is 1.71. The highest BCUT2D eigenvalue weighted by Gasteiger charge is 2.51. The van der Waals surface area contributed by atoms with Crippen LogP contribution in [-0.2, 0) is 12.2 Å². The molecule has 3 rings (SSSR count). The van der Waals surface area contributed by atoms with E-state index in [0.717, 1.165) is 17.8 Å². The van der Waals surface area contributed by atoms with Crippen molar-refractivity contribution in [1.29, 1.82) is 0 Å². The predicted octanol–water partition coefficient (Wildman–Crippen LogP) is 4.58. The fraction of sp³-hybridized carbons (Fsp3) is 0.211. The van der Waals surface area contributed by atoms with Gasteiger partial charge in [-0.3, -0.25) is 0 Å². The van der Waals surface area contributed by atoms with Gasteiger partial charge in [-0.25, -0.2) is 4.98 Å². The standard InChI is InChI=1S/C19H16F3NO2/c1-18(24,19(20,21)22)14-7-10-16(11-8-14)25-12-15-9-6-13-4-2-3-5-17(13)23-15/h2-11,24H,12H2,1H3. The van der Waals surface area contributed by atoms with Crippen molar-refractivity contribution < 1.29 is 23.0 Å².